The van der Waals surface area contributed by atoms with E-state index in [1.54, 1.807) is 0 Å². The molecule has 2 aliphatic heterocycles. The number of carboxylic acids is 1. The van der Waals surface area contributed by atoms with E-state index in [0.717, 1.165) is 17.9 Å². The number of carbonyl (C=O) groups is 1. The molecule has 0 saturated carbocycles. The molecule has 0 radical (unpaired) electrons. The molecule has 0 amide bonds. The molecule has 1 fully saturated rings. The number of likely N-dealkylation sites (tertiary alicyclic amines) is 1. The van der Waals surface area contributed by atoms with Crippen LogP contribution in [0.4, 0.5) is 0 Å². The number of hydrogen-bond donors (Lipinski definition) is 2. The van der Waals surface area contributed by atoms with Crippen molar-refractivity contribution in [3.63, 3.8) is 0 Å². The van der Waals surface area contributed by atoms with Crippen molar-refractivity contribution in [2.45, 2.75) is 19.7 Å². The number of benzene rings is 1. The maximum Gasteiger partial charge on any atom is 0.309 e. The standard InChI is InChI=1S/C14H17N3O3/c1-9-15-13(16-20-9)11-4-2-10(3-5-11)6-17-7-12(8-17)14(18)19/h2-5,9,12H,6-8H2,1H3,(H,15,16)(H,18,19). The van der Waals surface area contributed by atoms with Gasteiger partial charge in [0.1, 0.15) is 0 Å². The summed E-state index contributed by atoms with van der Waals surface area (Å²) in [7, 11) is 0. The maximum absolute atomic E-state index is 10.7. The van der Waals surface area contributed by atoms with Crippen LogP contribution in [0.15, 0.2) is 29.3 Å². The Morgan fingerprint density at radius 3 is 2.70 bits per heavy atom. The van der Waals surface area contributed by atoms with Crippen LogP contribution in [-0.2, 0) is 16.2 Å². The fourth-order valence-corrected chi connectivity index (χ4v) is 2.39. The lowest BCUT2D eigenvalue weighted by molar-refractivity contribution is -0.147. The number of hydroxylamine groups is 1. The van der Waals surface area contributed by atoms with Crippen LogP contribution in [0.2, 0.25) is 0 Å². The van der Waals surface area contributed by atoms with E-state index in [9.17, 15) is 4.79 Å². The van der Waals surface area contributed by atoms with Gasteiger partial charge in [-0.05, 0) is 12.5 Å². The number of aliphatic carboxylic acids is 1. The van der Waals surface area contributed by atoms with Gasteiger partial charge in [-0.2, -0.15) is 0 Å². The van der Waals surface area contributed by atoms with Crippen molar-refractivity contribution >= 4 is 11.8 Å². The summed E-state index contributed by atoms with van der Waals surface area (Å²) in [5.74, 6) is -0.153. The van der Waals surface area contributed by atoms with Gasteiger partial charge in [-0.1, -0.05) is 24.3 Å². The van der Waals surface area contributed by atoms with Gasteiger partial charge in [0.25, 0.3) is 0 Å². The summed E-state index contributed by atoms with van der Waals surface area (Å²) in [6, 6.07) is 8.07. The zero-order chi connectivity index (χ0) is 14.1. The van der Waals surface area contributed by atoms with Crippen molar-refractivity contribution in [1.82, 2.24) is 10.4 Å². The van der Waals surface area contributed by atoms with Gasteiger partial charge in [0.15, 0.2) is 12.1 Å². The first-order valence-corrected chi connectivity index (χ1v) is 6.66. The van der Waals surface area contributed by atoms with E-state index < -0.39 is 5.97 Å². The second kappa shape index (κ2) is 5.22. The smallest absolute Gasteiger partial charge is 0.309 e. The summed E-state index contributed by atoms with van der Waals surface area (Å²) in [5, 5.41) is 8.84. The first-order valence-electron chi connectivity index (χ1n) is 6.66. The zero-order valence-electron chi connectivity index (χ0n) is 11.2. The molecule has 1 saturated heterocycles. The predicted molar refractivity (Wildman–Crippen MR) is 73.1 cm³/mol. The first kappa shape index (κ1) is 13.1. The highest BCUT2D eigenvalue weighted by atomic mass is 16.7. The van der Waals surface area contributed by atoms with Crippen LogP contribution >= 0.6 is 0 Å². The van der Waals surface area contributed by atoms with Crippen molar-refractivity contribution in [2.24, 2.45) is 10.9 Å². The second-order valence-electron chi connectivity index (χ2n) is 5.22. The zero-order valence-corrected chi connectivity index (χ0v) is 11.2. The van der Waals surface area contributed by atoms with Crippen LogP contribution in [0.3, 0.4) is 0 Å². The SMILES string of the molecule is CC1N=C(c2ccc(CN3CC(C(=O)O)C3)cc2)NO1. The molecule has 2 aliphatic rings. The number of nitrogens with one attached hydrogen (secondary N) is 1. The Morgan fingerprint density at radius 1 is 1.45 bits per heavy atom. The summed E-state index contributed by atoms with van der Waals surface area (Å²) >= 11 is 0. The van der Waals surface area contributed by atoms with Gasteiger partial charge >= 0.3 is 5.97 Å². The monoisotopic (exact) mass is 275 g/mol. The van der Waals surface area contributed by atoms with Gasteiger partial charge in [-0.25, -0.2) is 15.3 Å². The van der Waals surface area contributed by atoms with Gasteiger partial charge in [0, 0.05) is 25.2 Å². The average Bonchev–Trinajstić information content (AvgIpc) is 2.80. The molecule has 6 heteroatoms. The number of hydrogen-bond acceptors (Lipinski definition) is 5. The minimum Gasteiger partial charge on any atom is -0.481 e. The fraction of sp³-hybridized carbons (Fsp3) is 0.429. The number of amidine groups is 1. The molecular formula is C14H17N3O3. The highest BCUT2D eigenvalue weighted by molar-refractivity contribution is 5.98. The minimum atomic E-state index is -0.698. The highest BCUT2D eigenvalue weighted by Crippen LogP contribution is 2.19. The van der Waals surface area contributed by atoms with Crippen molar-refractivity contribution in [2.75, 3.05) is 13.1 Å². The van der Waals surface area contributed by atoms with Gasteiger partial charge in [-0.15, -0.1) is 0 Å². The lowest BCUT2D eigenvalue weighted by Crippen LogP contribution is -2.49. The summed E-state index contributed by atoms with van der Waals surface area (Å²) in [5.41, 5.74) is 4.96. The molecule has 1 aromatic rings. The normalized spacial score (nSPS) is 23.1. The highest BCUT2D eigenvalue weighted by Gasteiger charge is 2.32. The van der Waals surface area contributed by atoms with Crippen LogP contribution in [0, 0.1) is 5.92 Å². The number of aliphatic imine (C=N–C) groups is 1. The van der Waals surface area contributed by atoms with Crippen molar-refractivity contribution in [1.29, 1.82) is 0 Å². The molecule has 6 nitrogen and oxygen atoms in total. The Kier molecular flexibility index (Phi) is 3.42. The molecule has 0 aromatic heterocycles. The number of nitrogens with zero attached hydrogens (tertiary/aromatic N) is 2. The molecule has 1 aromatic carbocycles. The van der Waals surface area contributed by atoms with E-state index in [2.05, 4.69) is 15.4 Å². The van der Waals surface area contributed by atoms with Crippen LogP contribution < -0.4 is 5.48 Å². The van der Waals surface area contributed by atoms with E-state index in [-0.39, 0.29) is 12.1 Å². The van der Waals surface area contributed by atoms with E-state index in [1.807, 2.05) is 31.2 Å². The van der Waals surface area contributed by atoms with E-state index >= 15 is 0 Å². The molecule has 2 heterocycles. The van der Waals surface area contributed by atoms with Crippen LogP contribution in [-0.4, -0.2) is 41.1 Å². The molecule has 0 bridgehead atoms. The summed E-state index contributed by atoms with van der Waals surface area (Å²) in [4.78, 5) is 22.3. The third-order valence-electron chi connectivity index (χ3n) is 3.58. The quantitative estimate of drug-likeness (QED) is 0.851. The summed E-state index contributed by atoms with van der Waals surface area (Å²) in [6.45, 7) is 3.93. The van der Waals surface area contributed by atoms with E-state index in [0.29, 0.717) is 13.1 Å². The van der Waals surface area contributed by atoms with Crippen molar-refractivity contribution in [3.05, 3.63) is 35.4 Å². The van der Waals surface area contributed by atoms with Crippen LogP contribution in [0.1, 0.15) is 18.1 Å². The molecule has 20 heavy (non-hydrogen) atoms. The first-order chi connectivity index (χ1) is 9.61. The lowest BCUT2D eigenvalue weighted by Gasteiger charge is -2.36. The van der Waals surface area contributed by atoms with Gasteiger partial charge < -0.3 is 5.11 Å². The third kappa shape index (κ3) is 2.66. The minimum absolute atomic E-state index is 0.154. The molecule has 106 valence electrons. The molecule has 0 aliphatic carbocycles. The maximum atomic E-state index is 10.7. The topological polar surface area (TPSA) is 74.2 Å². The summed E-state index contributed by atoms with van der Waals surface area (Å²) in [6.07, 6.45) is -0.154. The Labute approximate surface area is 117 Å². The second-order valence-corrected chi connectivity index (χ2v) is 5.22. The number of carboxylic acid groups (broad SMARTS) is 1. The van der Waals surface area contributed by atoms with Crippen molar-refractivity contribution in [3.8, 4) is 0 Å². The Hall–Kier alpha value is -1.92. The largest absolute Gasteiger partial charge is 0.481 e. The van der Waals surface area contributed by atoms with E-state index in [1.165, 1.54) is 5.56 Å². The molecule has 3 rings (SSSR count). The number of rotatable bonds is 4. The van der Waals surface area contributed by atoms with Gasteiger partial charge in [-0.3, -0.25) is 9.69 Å². The Bertz CT molecular complexity index is 535. The third-order valence-corrected chi connectivity index (χ3v) is 3.58. The summed E-state index contributed by atoms with van der Waals surface area (Å²) < 4.78 is 0. The molecule has 1 atom stereocenters. The van der Waals surface area contributed by atoms with E-state index in [4.69, 9.17) is 9.94 Å². The molecule has 0 spiro atoms. The molecular weight excluding hydrogens is 258 g/mol. The fourth-order valence-electron chi connectivity index (χ4n) is 2.39. The van der Waals surface area contributed by atoms with Gasteiger partial charge in [0.2, 0.25) is 0 Å². The Balaban J connectivity index is 1.57. The molecule has 2 N–H and O–H groups in total. The van der Waals surface area contributed by atoms with Crippen LogP contribution in [0.5, 0.6) is 0 Å². The predicted octanol–water partition coefficient (Wildman–Crippen LogP) is 0.830. The van der Waals surface area contributed by atoms with Crippen molar-refractivity contribution < 1.29 is 14.7 Å². The Morgan fingerprint density at radius 2 is 2.15 bits per heavy atom. The molecule has 1 unspecified atom stereocenters. The van der Waals surface area contributed by atoms with Gasteiger partial charge in [0.05, 0.1) is 5.92 Å². The van der Waals surface area contributed by atoms with Crippen LogP contribution in [0.25, 0.3) is 0 Å². The average molecular weight is 275 g/mol. The lowest BCUT2D eigenvalue weighted by atomic mass is 9.99.